The lowest BCUT2D eigenvalue weighted by atomic mass is 9.86. The van der Waals surface area contributed by atoms with Crippen molar-refractivity contribution in [3.63, 3.8) is 0 Å². The fourth-order valence-corrected chi connectivity index (χ4v) is 1.83. The first kappa shape index (κ1) is 10.9. The zero-order valence-corrected chi connectivity index (χ0v) is 9.79. The van der Waals surface area contributed by atoms with Gasteiger partial charge in [-0.05, 0) is 0 Å². The van der Waals surface area contributed by atoms with Gasteiger partial charge in [0.05, 0.1) is 11.3 Å². The molecule has 0 bridgehead atoms. The Balaban J connectivity index is 2.68. The van der Waals surface area contributed by atoms with E-state index >= 15 is 0 Å². The molecule has 1 aromatic heterocycles. The van der Waals surface area contributed by atoms with Crippen LogP contribution in [-0.4, -0.2) is 22.3 Å². The first-order chi connectivity index (χ1) is 7.39. The summed E-state index contributed by atoms with van der Waals surface area (Å²) in [5.74, 6) is 0.887. The lowest BCUT2D eigenvalue weighted by Crippen LogP contribution is -2.27. The van der Waals surface area contributed by atoms with Crippen LogP contribution in [0.5, 0.6) is 0 Å². The van der Waals surface area contributed by atoms with E-state index in [0.29, 0.717) is 24.3 Å². The van der Waals surface area contributed by atoms with Crippen LogP contribution in [0, 0.1) is 0 Å². The van der Waals surface area contributed by atoms with Crippen LogP contribution in [0.3, 0.4) is 0 Å². The topological polar surface area (TPSA) is 80.9 Å². The third kappa shape index (κ3) is 1.73. The fourth-order valence-electron chi connectivity index (χ4n) is 1.83. The van der Waals surface area contributed by atoms with Crippen molar-refractivity contribution in [2.75, 3.05) is 17.6 Å². The van der Waals surface area contributed by atoms with E-state index in [1.807, 2.05) is 20.8 Å². The Morgan fingerprint density at radius 1 is 1.31 bits per heavy atom. The second-order valence-electron chi connectivity index (χ2n) is 5.00. The third-order valence-electron chi connectivity index (χ3n) is 2.56. The number of fused-ring (bicyclic) bond motifs is 1. The summed E-state index contributed by atoms with van der Waals surface area (Å²) in [6, 6.07) is 0. The monoisotopic (exact) mass is 220 g/mol. The van der Waals surface area contributed by atoms with Gasteiger partial charge in [-0.3, -0.25) is 4.79 Å². The highest BCUT2D eigenvalue weighted by Gasteiger charge is 2.29. The minimum Gasteiger partial charge on any atom is -0.369 e. The Labute approximate surface area is 94.5 Å². The Hall–Kier alpha value is -1.65. The molecule has 0 saturated carbocycles. The summed E-state index contributed by atoms with van der Waals surface area (Å²) in [4.78, 5) is 20.2. The van der Waals surface area contributed by atoms with E-state index in [4.69, 9.17) is 5.73 Å². The number of nitrogens with one attached hydrogen (secondary N) is 1. The molecule has 0 spiro atoms. The first-order valence-corrected chi connectivity index (χ1v) is 5.34. The number of hydrogen-bond donors (Lipinski definition) is 2. The van der Waals surface area contributed by atoms with E-state index in [2.05, 4.69) is 15.3 Å². The van der Waals surface area contributed by atoms with Gasteiger partial charge in [0.25, 0.3) is 0 Å². The SMILES string of the molecule is CC(C)(C)c1nc(N)nc2c1C(=O)CCN2. The van der Waals surface area contributed by atoms with E-state index in [1.54, 1.807) is 0 Å². The molecule has 3 N–H and O–H groups in total. The number of rotatable bonds is 0. The second-order valence-corrected chi connectivity index (χ2v) is 5.00. The smallest absolute Gasteiger partial charge is 0.222 e. The quantitative estimate of drug-likeness (QED) is 0.689. The van der Waals surface area contributed by atoms with Crippen molar-refractivity contribution in [1.82, 2.24) is 9.97 Å². The van der Waals surface area contributed by atoms with E-state index in [-0.39, 0.29) is 17.1 Å². The number of aromatic nitrogens is 2. The molecular formula is C11H16N4O. The number of Topliss-reactive ketones (excluding diaryl/α,β-unsaturated/α-hetero) is 1. The Bertz CT molecular complexity index is 448. The molecular weight excluding hydrogens is 204 g/mol. The molecule has 5 heteroatoms. The molecule has 0 aromatic carbocycles. The lowest BCUT2D eigenvalue weighted by molar-refractivity contribution is 0.0980. The van der Waals surface area contributed by atoms with Crippen LogP contribution in [0.4, 0.5) is 11.8 Å². The van der Waals surface area contributed by atoms with E-state index in [0.717, 1.165) is 5.69 Å². The number of hydrogen-bond acceptors (Lipinski definition) is 5. The maximum absolute atomic E-state index is 11.9. The van der Waals surface area contributed by atoms with Crippen molar-refractivity contribution in [3.05, 3.63) is 11.3 Å². The van der Waals surface area contributed by atoms with Crippen LogP contribution >= 0.6 is 0 Å². The Morgan fingerprint density at radius 3 is 2.62 bits per heavy atom. The normalized spacial score (nSPS) is 15.6. The molecule has 2 heterocycles. The number of nitrogens with two attached hydrogens (primary N) is 1. The van der Waals surface area contributed by atoms with Gasteiger partial charge in [-0.25, -0.2) is 4.98 Å². The van der Waals surface area contributed by atoms with Crippen molar-refractivity contribution in [3.8, 4) is 0 Å². The molecule has 0 aliphatic carbocycles. The third-order valence-corrected chi connectivity index (χ3v) is 2.56. The Morgan fingerprint density at radius 2 is 2.00 bits per heavy atom. The van der Waals surface area contributed by atoms with Crippen LogP contribution in [0.1, 0.15) is 43.2 Å². The predicted molar refractivity (Wildman–Crippen MR) is 62.6 cm³/mol. The van der Waals surface area contributed by atoms with Crippen molar-refractivity contribution < 1.29 is 4.79 Å². The largest absolute Gasteiger partial charge is 0.369 e. The van der Waals surface area contributed by atoms with Crippen molar-refractivity contribution in [1.29, 1.82) is 0 Å². The zero-order valence-electron chi connectivity index (χ0n) is 9.79. The van der Waals surface area contributed by atoms with Crippen molar-refractivity contribution >= 4 is 17.5 Å². The molecule has 86 valence electrons. The molecule has 1 aromatic rings. The van der Waals surface area contributed by atoms with Crippen LogP contribution in [0.15, 0.2) is 0 Å². The highest BCUT2D eigenvalue weighted by Crippen LogP contribution is 2.31. The summed E-state index contributed by atoms with van der Waals surface area (Å²) in [5.41, 5.74) is 6.77. The maximum atomic E-state index is 11.9. The van der Waals surface area contributed by atoms with Crippen LogP contribution < -0.4 is 11.1 Å². The summed E-state index contributed by atoms with van der Waals surface area (Å²) < 4.78 is 0. The molecule has 2 rings (SSSR count). The zero-order chi connectivity index (χ0) is 11.9. The summed E-state index contributed by atoms with van der Waals surface area (Å²) >= 11 is 0. The molecule has 0 fully saturated rings. The summed E-state index contributed by atoms with van der Waals surface area (Å²) in [6.45, 7) is 6.65. The fraction of sp³-hybridized carbons (Fsp3) is 0.545. The highest BCUT2D eigenvalue weighted by atomic mass is 16.1. The minimum absolute atomic E-state index is 0.0960. The molecule has 1 aliphatic rings. The molecule has 0 atom stereocenters. The van der Waals surface area contributed by atoms with Gasteiger partial charge in [0.1, 0.15) is 5.82 Å². The molecule has 1 aliphatic heterocycles. The molecule has 5 nitrogen and oxygen atoms in total. The molecule has 16 heavy (non-hydrogen) atoms. The molecule has 0 unspecified atom stereocenters. The van der Waals surface area contributed by atoms with Crippen molar-refractivity contribution in [2.45, 2.75) is 32.6 Å². The van der Waals surface area contributed by atoms with Gasteiger partial charge in [-0.2, -0.15) is 4.98 Å². The predicted octanol–water partition coefficient (Wildman–Crippen LogP) is 1.35. The molecule has 0 radical (unpaired) electrons. The average Bonchev–Trinajstić information content (AvgIpc) is 2.15. The van der Waals surface area contributed by atoms with Gasteiger partial charge in [0.2, 0.25) is 5.95 Å². The maximum Gasteiger partial charge on any atom is 0.222 e. The number of nitrogen functional groups attached to an aromatic ring is 1. The number of carbonyl (C=O) groups is 1. The van der Waals surface area contributed by atoms with Gasteiger partial charge in [0.15, 0.2) is 5.78 Å². The summed E-state index contributed by atoms with van der Waals surface area (Å²) in [7, 11) is 0. The van der Waals surface area contributed by atoms with Crippen LogP contribution in [0.2, 0.25) is 0 Å². The summed E-state index contributed by atoms with van der Waals surface area (Å²) in [5, 5.41) is 3.09. The van der Waals surface area contributed by atoms with Crippen LogP contribution in [0.25, 0.3) is 0 Å². The number of anilines is 2. The van der Waals surface area contributed by atoms with Gasteiger partial charge < -0.3 is 11.1 Å². The summed E-state index contributed by atoms with van der Waals surface area (Å²) in [6.07, 6.45) is 0.489. The molecule has 0 amide bonds. The van der Waals surface area contributed by atoms with Gasteiger partial charge in [0, 0.05) is 18.4 Å². The number of ketones is 1. The van der Waals surface area contributed by atoms with E-state index in [9.17, 15) is 4.79 Å². The first-order valence-electron chi connectivity index (χ1n) is 5.34. The lowest BCUT2D eigenvalue weighted by Gasteiger charge is -2.25. The standard InChI is InChI=1S/C11H16N4O/c1-11(2,3)8-7-6(16)4-5-13-9(7)15-10(12)14-8/h4-5H2,1-3H3,(H3,12,13,14,15). The molecule has 0 saturated heterocycles. The van der Waals surface area contributed by atoms with E-state index < -0.39 is 0 Å². The van der Waals surface area contributed by atoms with Gasteiger partial charge in [-0.1, -0.05) is 20.8 Å². The highest BCUT2D eigenvalue weighted by molar-refractivity contribution is 6.03. The number of carbonyl (C=O) groups excluding carboxylic acids is 1. The van der Waals surface area contributed by atoms with Crippen LogP contribution in [-0.2, 0) is 5.41 Å². The van der Waals surface area contributed by atoms with Gasteiger partial charge in [-0.15, -0.1) is 0 Å². The number of nitrogens with zero attached hydrogens (tertiary/aromatic N) is 2. The Kier molecular flexibility index (Phi) is 2.33. The van der Waals surface area contributed by atoms with E-state index in [1.165, 1.54) is 0 Å². The minimum atomic E-state index is -0.212. The average molecular weight is 220 g/mol. The van der Waals surface area contributed by atoms with Crippen molar-refractivity contribution in [2.24, 2.45) is 0 Å². The van der Waals surface area contributed by atoms with Gasteiger partial charge >= 0.3 is 0 Å². The second kappa shape index (κ2) is 3.43.